The number of hydrogen-bond acceptors (Lipinski definition) is 3. The first-order valence-electron chi connectivity index (χ1n) is 11.0. The van der Waals surface area contributed by atoms with Crippen molar-refractivity contribution in [3.05, 3.63) is 71.5 Å². The number of nitrogens with zero attached hydrogens (tertiary/aromatic N) is 1. The molecule has 2 aliphatic rings. The van der Waals surface area contributed by atoms with Gasteiger partial charge in [0.1, 0.15) is 5.82 Å². The van der Waals surface area contributed by atoms with Crippen LogP contribution in [0.3, 0.4) is 0 Å². The first-order chi connectivity index (χ1) is 15.1. The Kier molecular flexibility index (Phi) is 6.66. The van der Waals surface area contributed by atoms with E-state index in [4.69, 9.17) is 4.74 Å². The highest BCUT2D eigenvalue weighted by Crippen LogP contribution is 2.35. The molecule has 2 amide bonds. The maximum atomic E-state index is 13.5. The van der Waals surface area contributed by atoms with Gasteiger partial charge in [-0.05, 0) is 61.9 Å². The van der Waals surface area contributed by atoms with E-state index < -0.39 is 5.41 Å². The number of benzene rings is 2. The van der Waals surface area contributed by atoms with Gasteiger partial charge in [0, 0.05) is 37.9 Å². The third kappa shape index (κ3) is 5.13. The predicted octanol–water partition coefficient (Wildman–Crippen LogP) is 3.59. The van der Waals surface area contributed by atoms with E-state index in [9.17, 15) is 14.0 Å². The molecular weight excluding hydrogens is 395 g/mol. The van der Waals surface area contributed by atoms with Crippen LogP contribution in [0, 0.1) is 11.2 Å². The molecule has 31 heavy (non-hydrogen) atoms. The summed E-state index contributed by atoms with van der Waals surface area (Å²) in [6.07, 6.45) is 3.54. The van der Waals surface area contributed by atoms with Gasteiger partial charge in [0.05, 0.1) is 5.41 Å². The van der Waals surface area contributed by atoms with E-state index in [1.807, 2.05) is 35.2 Å². The topological polar surface area (TPSA) is 58.6 Å². The molecule has 1 N–H and O–H groups in total. The van der Waals surface area contributed by atoms with E-state index in [1.54, 1.807) is 12.1 Å². The van der Waals surface area contributed by atoms with Gasteiger partial charge in [0.15, 0.2) is 0 Å². The lowest BCUT2D eigenvalue weighted by atomic mass is 9.74. The number of ether oxygens (including phenoxy) is 1. The molecule has 0 spiro atoms. The number of rotatable bonds is 5. The summed E-state index contributed by atoms with van der Waals surface area (Å²) in [4.78, 5) is 28.1. The van der Waals surface area contributed by atoms with Crippen molar-refractivity contribution < 1.29 is 18.7 Å². The first kappa shape index (κ1) is 21.5. The summed E-state index contributed by atoms with van der Waals surface area (Å²) < 4.78 is 18.8. The average Bonchev–Trinajstić information content (AvgIpc) is 2.81. The Balaban J connectivity index is 1.44. The minimum absolute atomic E-state index is 0.00615. The van der Waals surface area contributed by atoms with Crippen molar-refractivity contribution in [3.8, 4) is 0 Å². The van der Waals surface area contributed by atoms with Crippen LogP contribution in [-0.2, 0) is 16.0 Å². The summed E-state index contributed by atoms with van der Waals surface area (Å²) in [6, 6.07) is 15.6. The summed E-state index contributed by atoms with van der Waals surface area (Å²) in [5, 5.41) is 3.23. The Labute approximate surface area is 182 Å². The molecule has 164 valence electrons. The van der Waals surface area contributed by atoms with Crippen molar-refractivity contribution in [2.45, 2.75) is 38.1 Å². The Hall–Kier alpha value is -2.73. The molecule has 2 aromatic rings. The maximum Gasteiger partial charge on any atom is 0.253 e. The van der Waals surface area contributed by atoms with Gasteiger partial charge in [-0.2, -0.15) is 0 Å². The molecule has 2 heterocycles. The third-order valence-electron chi connectivity index (χ3n) is 6.45. The van der Waals surface area contributed by atoms with Crippen LogP contribution in [0.5, 0.6) is 0 Å². The lowest BCUT2D eigenvalue weighted by Gasteiger charge is -2.39. The predicted molar refractivity (Wildman–Crippen MR) is 116 cm³/mol. The molecule has 1 atom stereocenters. The molecule has 0 aromatic heterocycles. The standard InChI is InChI=1S/C25H29FN2O3/c26-21-10-8-19(9-11-21)17-25(12-15-31-16-13-25)24(30)27-22-7-4-14-28(18-22)23(29)20-5-2-1-3-6-20/h1-3,5-6,8-11,22H,4,7,12-18H2,(H,27,30). The zero-order chi connectivity index (χ0) is 21.7. The van der Waals surface area contributed by atoms with Crippen LogP contribution >= 0.6 is 0 Å². The highest BCUT2D eigenvalue weighted by Gasteiger charge is 2.41. The minimum Gasteiger partial charge on any atom is -0.381 e. The van der Waals surface area contributed by atoms with E-state index >= 15 is 0 Å². The number of carbonyl (C=O) groups excluding carboxylic acids is 2. The summed E-state index contributed by atoms with van der Waals surface area (Å²) in [5.74, 6) is -0.259. The van der Waals surface area contributed by atoms with Gasteiger partial charge in [0.2, 0.25) is 5.91 Å². The van der Waals surface area contributed by atoms with Crippen molar-refractivity contribution in [2.24, 2.45) is 5.41 Å². The highest BCUT2D eigenvalue weighted by atomic mass is 19.1. The van der Waals surface area contributed by atoms with Crippen molar-refractivity contribution in [2.75, 3.05) is 26.3 Å². The Morgan fingerprint density at radius 3 is 2.48 bits per heavy atom. The van der Waals surface area contributed by atoms with Gasteiger partial charge in [-0.25, -0.2) is 4.39 Å². The third-order valence-corrected chi connectivity index (χ3v) is 6.45. The molecule has 2 aromatic carbocycles. The largest absolute Gasteiger partial charge is 0.381 e. The molecular formula is C25H29FN2O3. The van der Waals surface area contributed by atoms with Crippen LogP contribution in [0.4, 0.5) is 4.39 Å². The minimum atomic E-state index is -0.568. The molecule has 0 saturated carbocycles. The maximum absolute atomic E-state index is 13.5. The molecule has 1 unspecified atom stereocenters. The van der Waals surface area contributed by atoms with Gasteiger partial charge in [-0.1, -0.05) is 30.3 Å². The van der Waals surface area contributed by atoms with Gasteiger partial charge in [-0.3, -0.25) is 9.59 Å². The quantitative estimate of drug-likeness (QED) is 0.798. The SMILES string of the molecule is O=C(c1ccccc1)N1CCCC(NC(=O)C2(Cc3ccc(F)cc3)CCOCC2)C1. The van der Waals surface area contributed by atoms with Gasteiger partial charge in [0.25, 0.3) is 5.91 Å². The van der Waals surface area contributed by atoms with E-state index in [2.05, 4.69) is 5.32 Å². The molecule has 0 aliphatic carbocycles. The average molecular weight is 425 g/mol. The Morgan fingerprint density at radius 1 is 1.06 bits per heavy atom. The van der Waals surface area contributed by atoms with Crippen molar-refractivity contribution in [1.29, 1.82) is 0 Å². The lowest BCUT2D eigenvalue weighted by molar-refractivity contribution is -0.137. The van der Waals surface area contributed by atoms with E-state index in [1.165, 1.54) is 12.1 Å². The Morgan fingerprint density at radius 2 is 1.77 bits per heavy atom. The van der Waals surface area contributed by atoms with Crippen LogP contribution in [0.2, 0.25) is 0 Å². The molecule has 2 saturated heterocycles. The van der Waals surface area contributed by atoms with Crippen molar-refractivity contribution >= 4 is 11.8 Å². The van der Waals surface area contributed by atoms with Gasteiger partial charge in [-0.15, -0.1) is 0 Å². The zero-order valence-electron chi connectivity index (χ0n) is 17.7. The molecule has 0 bridgehead atoms. The number of amides is 2. The van der Waals surface area contributed by atoms with Crippen molar-refractivity contribution in [1.82, 2.24) is 10.2 Å². The molecule has 6 heteroatoms. The molecule has 2 aliphatic heterocycles. The van der Waals surface area contributed by atoms with E-state index in [0.717, 1.165) is 18.4 Å². The van der Waals surface area contributed by atoms with E-state index in [0.29, 0.717) is 51.1 Å². The number of nitrogens with one attached hydrogen (secondary N) is 1. The Bertz CT molecular complexity index is 895. The normalized spacial score (nSPS) is 20.8. The number of piperidine rings is 1. The van der Waals surface area contributed by atoms with E-state index in [-0.39, 0.29) is 23.7 Å². The number of halogens is 1. The molecule has 4 rings (SSSR count). The highest BCUT2D eigenvalue weighted by molar-refractivity contribution is 5.94. The van der Waals surface area contributed by atoms with Crippen LogP contribution in [0.1, 0.15) is 41.6 Å². The van der Waals surface area contributed by atoms with Crippen LogP contribution in [0.15, 0.2) is 54.6 Å². The number of carbonyl (C=O) groups is 2. The molecule has 2 fully saturated rings. The number of hydrogen-bond donors (Lipinski definition) is 1. The fourth-order valence-electron chi connectivity index (χ4n) is 4.62. The lowest BCUT2D eigenvalue weighted by Crippen LogP contribution is -2.54. The summed E-state index contributed by atoms with van der Waals surface area (Å²) in [7, 11) is 0. The first-order valence-corrected chi connectivity index (χ1v) is 11.0. The summed E-state index contributed by atoms with van der Waals surface area (Å²) in [6.45, 7) is 2.30. The van der Waals surface area contributed by atoms with Crippen molar-refractivity contribution in [3.63, 3.8) is 0 Å². The van der Waals surface area contributed by atoms with Gasteiger partial charge < -0.3 is 15.0 Å². The van der Waals surface area contributed by atoms with Crippen LogP contribution in [0.25, 0.3) is 0 Å². The smallest absolute Gasteiger partial charge is 0.253 e. The monoisotopic (exact) mass is 424 g/mol. The zero-order valence-corrected chi connectivity index (χ0v) is 17.7. The van der Waals surface area contributed by atoms with Gasteiger partial charge >= 0.3 is 0 Å². The summed E-state index contributed by atoms with van der Waals surface area (Å²) >= 11 is 0. The number of likely N-dealkylation sites (tertiary alicyclic amines) is 1. The second-order valence-corrected chi connectivity index (χ2v) is 8.63. The summed E-state index contributed by atoms with van der Waals surface area (Å²) in [5.41, 5.74) is 1.05. The molecule has 5 nitrogen and oxygen atoms in total. The van der Waals surface area contributed by atoms with Crippen LogP contribution in [-0.4, -0.2) is 49.1 Å². The fourth-order valence-corrected chi connectivity index (χ4v) is 4.62. The second kappa shape index (κ2) is 9.60. The van der Waals surface area contributed by atoms with Crippen LogP contribution < -0.4 is 5.32 Å². The second-order valence-electron chi connectivity index (χ2n) is 8.63. The molecule has 0 radical (unpaired) electrons. The fraction of sp³-hybridized carbons (Fsp3) is 0.440.